The van der Waals surface area contributed by atoms with E-state index in [0.717, 1.165) is 23.8 Å². The lowest BCUT2D eigenvalue weighted by Crippen LogP contribution is -2.48. The summed E-state index contributed by atoms with van der Waals surface area (Å²) < 4.78 is 10.1. The summed E-state index contributed by atoms with van der Waals surface area (Å²) >= 11 is 1.58. The SMILES string of the molecule is COC(=O)[C@H](CCN1CCOCC1)NC(=O)NCc1csc(C(C)C)n1. The first-order valence-corrected chi connectivity index (χ1v) is 9.74. The summed E-state index contributed by atoms with van der Waals surface area (Å²) in [4.78, 5) is 30.8. The molecule has 146 valence electrons. The van der Waals surface area contributed by atoms with Crippen LogP contribution in [0.1, 0.15) is 36.9 Å². The highest BCUT2D eigenvalue weighted by Gasteiger charge is 2.23. The van der Waals surface area contributed by atoms with E-state index in [1.807, 2.05) is 5.38 Å². The number of methoxy groups -OCH3 is 1. The molecule has 2 rings (SSSR count). The third kappa shape index (κ3) is 6.54. The fourth-order valence-corrected chi connectivity index (χ4v) is 3.41. The average Bonchev–Trinajstić information content (AvgIpc) is 3.13. The van der Waals surface area contributed by atoms with Gasteiger partial charge >= 0.3 is 12.0 Å². The quantitative estimate of drug-likeness (QED) is 0.657. The predicted molar refractivity (Wildman–Crippen MR) is 99.3 cm³/mol. The molecule has 2 N–H and O–H groups in total. The van der Waals surface area contributed by atoms with E-state index in [9.17, 15) is 9.59 Å². The van der Waals surface area contributed by atoms with Crippen LogP contribution in [-0.4, -0.2) is 67.9 Å². The van der Waals surface area contributed by atoms with Gasteiger partial charge in [-0.15, -0.1) is 11.3 Å². The van der Waals surface area contributed by atoms with Crippen molar-refractivity contribution in [1.29, 1.82) is 0 Å². The van der Waals surface area contributed by atoms with E-state index in [1.165, 1.54) is 7.11 Å². The zero-order valence-corrected chi connectivity index (χ0v) is 16.4. The summed E-state index contributed by atoms with van der Waals surface area (Å²) in [5.74, 6) is -0.0735. The number of nitrogens with zero attached hydrogens (tertiary/aromatic N) is 2. The van der Waals surface area contributed by atoms with Crippen molar-refractivity contribution in [3.8, 4) is 0 Å². The van der Waals surface area contributed by atoms with Crippen molar-refractivity contribution in [2.45, 2.75) is 38.8 Å². The molecule has 0 spiro atoms. The second-order valence-corrected chi connectivity index (χ2v) is 7.37. The van der Waals surface area contributed by atoms with Crippen molar-refractivity contribution < 1.29 is 19.1 Å². The van der Waals surface area contributed by atoms with Gasteiger partial charge < -0.3 is 20.1 Å². The van der Waals surface area contributed by atoms with Crippen LogP contribution in [0.15, 0.2) is 5.38 Å². The first-order chi connectivity index (χ1) is 12.5. The van der Waals surface area contributed by atoms with Gasteiger partial charge in [0.25, 0.3) is 0 Å². The molecule has 0 aromatic carbocycles. The predicted octanol–water partition coefficient (Wildman–Crippen LogP) is 1.33. The number of esters is 1. The zero-order chi connectivity index (χ0) is 18.9. The number of ether oxygens (including phenoxy) is 2. The van der Waals surface area contributed by atoms with Crippen LogP contribution in [0.3, 0.4) is 0 Å². The first kappa shape index (κ1) is 20.6. The minimum absolute atomic E-state index is 0.326. The maximum Gasteiger partial charge on any atom is 0.328 e. The number of thiazole rings is 1. The molecular weight excluding hydrogens is 356 g/mol. The second-order valence-electron chi connectivity index (χ2n) is 6.48. The molecule has 0 bridgehead atoms. The number of amides is 2. The van der Waals surface area contributed by atoms with E-state index in [1.54, 1.807) is 11.3 Å². The lowest BCUT2D eigenvalue weighted by atomic mass is 10.2. The number of nitrogens with one attached hydrogen (secondary N) is 2. The van der Waals surface area contributed by atoms with Gasteiger partial charge in [-0.05, 0) is 6.42 Å². The number of urea groups is 1. The summed E-state index contributed by atoms with van der Waals surface area (Å²) in [7, 11) is 1.33. The Morgan fingerprint density at radius 3 is 2.73 bits per heavy atom. The lowest BCUT2D eigenvalue weighted by molar-refractivity contribution is -0.143. The monoisotopic (exact) mass is 384 g/mol. The summed E-state index contributed by atoms with van der Waals surface area (Å²) in [6, 6.07) is -1.08. The topological polar surface area (TPSA) is 92.8 Å². The van der Waals surface area contributed by atoms with Crippen molar-refractivity contribution in [3.05, 3.63) is 16.1 Å². The summed E-state index contributed by atoms with van der Waals surface area (Å²) in [5, 5.41) is 8.43. The highest BCUT2D eigenvalue weighted by atomic mass is 32.1. The minimum Gasteiger partial charge on any atom is -0.467 e. The van der Waals surface area contributed by atoms with E-state index in [4.69, 9.17) is 9.47 Å². The van der Waals surface area contributed by atoms with Gasteiger partial charge in [0.15, 0.2) is 0 Å². The van der Waals surface area contributed by atoms with Gasteiger partial charge in [0.05, 0.1) is 37.6 Å². The fraction of sp³-hybridized carbons (Fsp3) is 0.706. The summed E-state index contributed by atoms with van der Waals surface area (Å²) in [6.45, 7) is 8.26. The third-order valence-electron chi connectivity index (χ3n) is 4.12. The molecule has 9 heteroatoms. The van der Waals surface area contributed by atoms with Crippen LogP contribution < -0.4 is 10.6 Å². The number of hydrogen-bond donors (Lipinski definition) is 2. The summed E-state index contributed by atoms with van der Waals surface area (Å²) in [6.07, 6.45) is 0.494. The Morgan fingerprint density at radius 2 is 2.12 bits per heavy atom. The van der Waals surface area contributed by atoms with E-state index in [2.05, 4.69) is 34.4 Å². The maximum atomic E-state index is 12.2. The molecule has 1 aromatic heterocycles. The molecule has 26 heavy (non-hydrogen) atoms. The van der Waals surface area contributed by atoms with Crippen LogP contribution in [0.25, 0.3) is 0 Å². The molecule has 0 aliphatic carbocycles. The Balaban J connectivity index is 1.79. The van der Waals surface area contributed by atoms with Gasteiger partial charge in [-0.25, -0.2) is 14.6 Å². The lowest BCUT2D eigenvalue weighted by Gasteiger charge is -2.28. The first-order valence-electron chi connectivity index (χ1n) is 8.86. The van der Waals surface area contributed by atoms with Gasteiger partial charge in [0.1, 0.15) is 6.04 Å². The molecule has 0 radical (unpaired) electrons. The Kier molecular flexibility index (Phi) is 8.27. The third-order valence-corrected chi connectivity index (χ3v) is 5.32. The van der Waals surface area contributed by atoms with Crippen molar-refractivity contribution >= 4 is 23.3 Å². The van der Waals surface area contributed by atoms with Gasteiger partial charge in [0.2, 0.25) is 0 Å². The van der Waals surface area contributed by atoms with E-state index in [0.29, 0.717) is 38.6 Å². The Labute approximate surface area is 158 Å². The van der Waals surface area contributed by atoms with Crippen molar-refractivity contribution in [1.82, 2.24) is 20.5 Å². The van der Waals surface area contributed by atoms with Crippen LogP contribution in [0.5, 0.6) is 0 Å². The van der Waals surface area contributed by atoms with Crippen LogP contribution in [0.2, 0.25) is 0 Å². The highest BCUT2D eigenvalue weighted by molar-refractivity contribution is 7.09. The Hall–Kier alpha value is -1.71. The van der Waals surface area contributed by atoms with Crippen molar-refractivity contribution in [2.24, 2.45) is 0 Å². The normalized spacial score (nSPS) is 16.3. The number of rotatable bonds is 8. The molecule has 1 atom stereocenters. The molecule has 2 amide bonds. The van der Waals surface area contributed by atoms with Gasteiger partial charge in [0, 0.05) is 30.9 Å². The molecule has 1 saturated heterocycles. The van der Waals surface area contributed by atoms with E-state index >= 15 is 0 Å². The highest BCUT2D eigenvalue weighted by Crippen LogP contribution is 2.18. The van der Waals surface area contributed by atoms with Gasteiger partial charge in [-0.1, -0.05) is 13.8 Å². The molecule has 1 aliphatic rings. The molecule has 0 unspecified atom stereocenters. The van der Waals surface area contributed by atoms with Crippen LogP contribution in [0, 0.1) is 0 Å². The molecule has 1 aliphatic heterocycles. The zero-order valence-electron chi connectivity index (χ0n) is 15.6. The van der Waals surface area contributed by atoms with E-state index in [-0.39, 0.29) is 0 Å². The number of carbonyl (C=O) groups is 2. The summed E-state index contributed by atoms with van der Waals surface area (Å²) in [5.41, 5.74) is 0.816. The maximum absolute atomic E-state index is 12.2. The smallest absolute Gasteiger partial charge is 0.328 e. The second kappa shape index (κ2) is 10.4. The van der Waals surface area contributed by atoms with Crippen LogP contribution in [-0.2, 0) is 20.8 Å². The van der Waals surface area contributed by atoms with Crippen molar-refractivity contribution in [3.63, 3.8) is 0 Å². The van der Waals surface area contributed by atoms with Gasteiger partial charge in [-0.3, -0.25) is 4.90 Å². The van der Waals surface area contributed by atoms with Crippen molar-refractivity contribution in [2.75, 3.05) is 40.0 Å². The number of hydrogen-bond acceptors (Lipinski definition) is 7. The molecule has 1 aromatic rings. The molecule has 0 saturated carbocycles. The molecular formula is C17H28N4O4S. The van der Waals surface area contributed by atoms with Crippen LogP contribution in [0.4, 0.5) is 4.79 Å². The van der Waals surface area contributed by atoms with Crippen LogP contribution >= 0.6 is 11.3 Å². The number of morpholine rings is 1. The Morgan fingerprint density at radius 1 is 1.38 bits per heavy atom. The standard InChI is InChI=1S/C17H28N4O4S/c1-12(2)15-19-13(11-26-15)10-18-17(23)20-14(16(22)24-3)4-5-21-6-8-25-9-7-21/h11-12,14H,4-10H2,1-3H3,(H2,18,20,23)/t14-/m0/s1. The Bertz CT molecular complexity index is 587. The average molecular weight is 385 g/mol. The fourth-order valence-electron chi connectivity index (χ4n) is 2.58. The molecule has 2 heterocycles. The van der Waals surface area contributed by atoms with Gasteiger partial charge in [-0.2, -0.15) is 0 Å². The largest absolute Gasteiger partial charge is 0.467 e. The van der Waals surface area contributed by atoms with E-state index < -0.39 is 18.0 Å². The molecule has 1 fully saturated rings. The molecule has 8 nitrogen and oxygen atoms in total. The number of aromatic nitrogens is 1. The number of carbonyl (C=O) groups excluding carboxylic acids is 2. The minimum atomic E-state index is -0.676.